The number of rotatable bonds is 5. The van der Waals surface area contributed by atoms with Gasteiger partial charge >= 0.3 is 0 Å². The third-order valence-electron chi connectivity index (χ3n) is 2.86. The predicted molar refractivity (Wildman–Crippen MR) is 74.7 cm³/mol. The summed E-state index contributed by atoms with van der Waals surface area (Å²) in [5.41, 5.74) is 0.475. The van der Waals surface area contributed by atoms with Crippen molar-refractivity contribution in [2.75, 3.05) is 13.6 Å². The maximum Gasteiger partial charge on any atom is 0.285 e. The molecular formula is C13H17ClN2O3. The maximum atomic E-state index is 12.2. The summed E-state index contributed by atoms with van der Waals surface area (Å²) in [6.07, 6.45) is 0.642. The number of nitro groups is 1. The Balaban J connectivity index is 2.99. The SMILES string of the molecule is Cc1cccc(C(=O)N(C)CCC(C)Cl)c1[N+](=O)[O-]. The lowest BCUT2D eigenvalue weighted by molar-refractivity contribution is -0.385. The fourth-order valence-electron chi connectivity index (χ4n) is 1.75. The van der Waals surface area contributed by atoms with Crippen molar-refractivity contribution in [3.05, 3.63) is 39.4 Å². The summed E-state index contributed by atoms with van der Waals surface area (Å²) in [5.74, 6) is -0.354. The average molecular weight is 285 g/mol. The topological polar surface area (TPSA) is 63.5 Å². The van der Waals surface area contributed by atoms with E-state index in [0.29, 0.717) is 18.5 Å². The van der Waals surface area contributed by atoms with Crippen molar-refractivity contribution < 1.29 is 9.72 Å². The smallest absolute Gasteiger partial charge is 0.285 e. The van der Waals surface area contributed by atoms with E-state index in [1.807, 2.05) is 6.92 Å². The van der Waals surface area contributed by atoms with Gasteiger partial charge in [-0.2, -0.15) is 0 Å². The lowest BCUT2D eigenvalue weighted by Crippen LogP contribution is -2.29. The molecule has 5 nitrogen and oxygen atoms in total. The molecule has 0 aromatic heterocycles. The number of aryl methyl sites for hydroxylation is 1. The Labute approximate surface area is 117 Å². The molecule has 0 fully saturated rings. The molecule has 1 aromatic rings. The zero-order chi connectivity index (χ0) is 14.6. The van der Waals surface area contributed by atoms with Crippen molar-refractivity contribution >= 4 is 23.2 Å². The summed E-state index contributed by atoms with van der Waals surface area (Å²) < 4.78 is 0. The molecule has 1 atom stereocenters. The van der Waals surface area contributed by atoms with Crippen LogP contribution in [-0.2, 0) is 0 Å². The van der Waals surface area contributed by atoms with Gasteiger partial charge in [0.2, 0.25) is 0 Å². The lowest BCUT2D eigenvalue weighted by atomic mass is 10.1. The first-order valence-electron chi connectivity index (χ1n) is 5.98. The molecule has 0 saturated heterocycles. The minimum absolute atomic E-state index is 0.0391. The van der Waals surface area contributed by atoms with Crippen molar-refractivity contribution in [2.45, 2.75) is 25.6 Å². The predicted octanol–water partition coefficient (Wildman–Crippen LogP) is 2.99. The van der Waals surface area contributed by atoms with Gasteiger partial charge in [0.05, 0.1) is 4.92 Å². The van der Waals surface area contributed by atoms with Crippen molar-refractivity contribution in [2.24, 2.45) is 0 Å². The Morgan fingerprint density at radius 3 is 2.68 bits per heavy atom. The summed E-state index contributed by atoms with van der Waals surface area (Å²) in [6.45, 7) is 3.93. The van der Waals surface area contributed by atoms with Crippen molar-refractivity contribution in [1.82, 2.24) is 4.90 Å². The van der Waals surface area contributed by atoms with E-state index in [4.69, 9.17) is 11.6 Å². The third-order valence-corrected chi connectivity index (χ3v) is 3.08. The Morgan fingerprint density at radius 2 is 2.16 bits per heavy atom. The van der Waals surface area contributed by atoms with Crippen LogP contribution >= 0.6 is 11.6 Å². The normalized spacial score (nSPS) is 12.0. The molecule has 0 N–H and O–H groups in total. The standard InChI is InChI=1S/C13H17ClN2O3/c1-9-5-4-6-11(12(9)16(18)19)13(17)15(3)8-7-10(2)14/h4-6,10H,7-8H2,1-3H3. The second-order valence-electron chi connectivity index (χ2n) is 4.52. The molecule has 1 aromatic carbocycles. The number of para-hydroxylation sites is 1. The van der Waals surface area contributed by atoms with Gasteiger partial charge in [-0.3, -0.25) is 14.9 Å². The van der Waals surface area contributed by atoms with Crippen LogP contribution in [-0.4, -0.2) is 34.7 Å². The molecule has 0 heterocycles. The van der Waals surface area contributed by atoms with E-state index in [-0.39, 0.29) is 22.5 Å². The van der Waals surface area contributed by atoms with Crippen LogP contribution in [0.1, 0.15) is 29.3 Å². The molecule has 0 bridgehead atoms. The highest BCUT2D eigenvalue weighted by Crippen LogP contribution is 2.24. The molecule has 0 saturated carbocycles. The van der Waals surface area contributed by atoms with Gasteiger partial charge in [-0.1, -0.05) is 12.1 Å². The lowest BCUT2D eigenvalue weighted by Gasteiger charge is -2.18. The summed E-state index contributed by atoms with van der Waals surface area (Å²) in [4.78, 5) is 24.2. The number of alkyl halides is 1. The average Bonchev–Trinajstić information content (AvgIpc) is 2.34. The minimum Gasteiger partial charge on any atom is -0.341 e. The van der Waals surface area contributed by atoms with Crippen molar-refractivity contribution in [1.29, 1.82) is 0 Å². The van der Waals surface area contributed by atoms with Gasteiger partial charge in [-0.25, -0.2) is 0 Å². The number of carbonyl (C=O) groups is 1. The second kappa shape index (κ2) is 6.52. The van der Waals surface area contributed by atoms with Crippen LogP contribution in [0.3, 0.4) is 0 Å². The number of hydrogen-bond acceptors (Lipinski definition) is 3. The van der Waals surface area contributed by atoms with E-state index in [1.54, 1.807) is 26.1 Å². The molecular weight excluding hydrogens is 268 g/mol. The van der Waals surface area contributed by atoms with Crippen LogP contribution < -0.4 is 0 Å². The van der Waals surface area contributed by atoms with E-state index >= 15 is 0 Å². The van der Waals surface area contributed by atoms with Gasteiger partial charge in [-0.05, 0) is 26.3 Å². The zero-order valence-electron chi connectivity index (χ0n) is 11.2. The zero-order valence-corrected chi connectivity index (χ0v) is 12.0. The molecule has 1 unspecified atom stereocenters. The van der Waals surface area contributed by atoms with Crippen LogP contribution in [0.5, 0.6) is 0 Å². The molecule has 0 radical (unpaired) electrons. The summed E-state index contributed by atoms with van der Waals surface area (Å²) >= 11 is 5.83. The molecule has 1 amide bonds. The van der Waals surface area contributed by atoms with Gasteiger partial charge in [0.25, 0.3) is 11.6 Å². The Morgan fingerprint density at radius 1 is 1.53 bits per heavy atom. The van der Waals surface area contributed by atoms with E-state index in [0.717, 1.165) is 0 Å². The molecule has 0 aliphatic carbocycles. The quantitative estimate of drug-likeness (QED) is 0.474. The third kappa shape index (κ3) is 3.92. The van der Waals surface area contributed by atoms with Crippen molar-refractivity contribution in [3.8, 4) is 0 Å². The fraction of sp³-hybridized carbons (Fsp3) is 0.462. The fourth-order valence-corrected chi connectivity index (χ4v) is 1.85. The molecule has 104 valence electrons. The number of nitrogens with zero attached hydrogens (tertiary/aromatic N) is 2. The Bertz CT molecular complexity index is 489. The largest absolute Gasteiger partial charge is 0.341 e. The number of amides is 1. The molecule has 0 spiro atoms. The highest BCUT2D eigenvalue weighted by molar-refractivity contribution is 6.20. The number of benzene rings is 1. The highest BCUT2D eigenvalue weighted by Gasteiger charge is 2.24. The van der Waals surface area contributed by atoms with E-state index in [1.165, 1.54) is 11.0 Å². The number of carbonyl (C=O) groups excluding carboxylic acids is 1. The van der Waals surface area contributed by atoms with Crippen LogP contribution in [0.2, 0.25) is 0 Å². The number of halogens is 1. The monoisotopic (exact) mass is 284 g/mol. The van der Waals surface area contributed by atoms with Crippen LogP contribution in [0, 0.1) is 17.0 Å². The molecule has 19 heavy (non-hydrogen) atoms. The van der Waals surface area contributed by atoms with Gasteiger partial charge in [-0.15, -0.1) is 11.6 Å². The van der Waals surface area contributed by atoms with Crippen LogP contribution in [0.4, 0.5) is 5.69 Å². The summed E-state index contributed by atoms with van der Waals surface area (Å²) in [7, 11) is 1.62. The van der Waals surface area contributed by atoms with Gasteiger partial charge in [0, 0.05) is 24.5 Å². The molecule has 6 heteroatoms. The minimum atomic E-state index is -0.513. The maximum absolute atomic E-state index is 12.2. The van der Waals surface area contributed by atoms with Gasteiger partial charge in [0.15, 0.2) is 0 Å². The number of hydrogen-bond donors (Lipinski definition) is 0. The summed E-state index contributed by atoms with van der Waals surface area (Å²) in [6, 6.07) is 4.75. The Hall–Kier alpha value is -1.62. The molecule has 0 aliphatic heterocycles. The second-order valence-corrected chi connectivity index (χ2v) is 5.27. The molecule has 1 rings (SSSR count). The van der Waals surface area contributed by atoms with E-state index in [9.17, 15) is 14.9 Å². The number of nitro benzene ring substituents is 1. The first-order valence-corrected chi connectivity index (χ1v) is 6.41. The first kappa shape index (κ1) is 15.4. The van der Waals surface area contributed by atoms with E-state index in [2.05, 4.69) is 0 Å². The van der Waals surface area contributed by atoms with Crippen LogP contribution in [0.15, 0.2) is 18.2 Å². The van der Waals surface area contributed by atoms with E-state index < -0.39 is 4.92 Å². The van der Waals surface area contributed by atoms with Crippen LogP contribution in [0.25, 0.3) is 0 Å². The molecule has 0 aliphatic rings. The first-order chi connectivity index (χ1) is 8.84. The summed E-state index contributed by atoms with van der Waals surface area (Å²) in [5, 5.41) is 11.0. The van der Waals surface area contributed by atoms with Crippen molar-refractivity contribution in [3.63, 3.8) is 0 Å². The van der Waals surface area contributed by atoms with Gasteiger partial charge < -0.3 is 4.90 Å². The van der Waals surface area contributed by atoms with Gasteiger partial charge in [0.1, 0.15) is 5.56 Å². The Kier molecular flexibility index (Phi) is 5.30. The highest BCUT2D eigenvalue weighted by atomic mass is 35.5.